The summed E-state index contributed by atoms with van der Waals surface area (Å²) in [5.74, 6) is 2.49. The minimum Gasteiger partial charge on any atom is -0.468 e. The average molecular weight is 306 g/mol. The molecule has 5 nitrogen and oxygen atoms in total. The monoisotopic (exact) mass is 306 g/mol. The molecule has 0 spiro atoms. The molecule has 0 aromatic carbocycles. The molecule has 22 heavy (non-hydrogen) atoms. The van der Waals surface area contributed by atoms with Crippen LogP contribution < -0.4 is 0 Å². The number of fused-ring (bicyclic) bond motifs is 1. The summed E-state index contributed by atoms with van der Waals surface area (Å²) in [4.78, 5) is 5.02. The van der Waals surface area contributed by atoms with Gasteiger partial charge in [-0.1, -0.05) is 0 Å². The van der Waals surface area contributed by atoms with Crippen LogP contribution in [0.25, 0.3) is 0 Å². The van der Waals surface area contributed by atoms with Crippen LogP contribution in [0.15, 0.2) is 22.8 Å². The third-order valence-electron chi connectivity index (χ3n) is 5.38. The van der Waals surface area contributed by atoms with Crippen LogP contribution in [0.4, 0.5) is 0 Å². The zero-order valence-electron chi connectivity index (χ0n) is 13.2. The third kappa shape index (κ3) is 3.23. The van der Waals surface area contributed by atoms with Crippen molar-refractivity contribution in [1.29, 1.82) is 0 Å². The van der Waals surface area contributed by atoms with Crippen LogP contribution >= 0.6 is 0 Å². The summed E-state index contributed by atoms with van der Waals surface area (Å²) in [6.07, 6.45) is 3.44. The van der Waals surface area contributed by atoms with Gasteiger partial charge in [0.1, 0.15) is 5.76 Å². The van der Waals surface area contributed by atoms with Crippen LogP contribution in [-0.4, -0.2) is 68.4 Å². The Morgan fingerprint density at radius 2 is 2.05 bits per heavy atom. The molecule has 0 radical (unpaired) electrons. The molecule has 1 aromatic heterocycles. The number of likely N-dealkylation sites (tertiary alicyclic amines) is 1. The number of morpholine rings is 1. The van der Waals surface area contributed by atoms with Crippen molar-refractivity contribution >= 4 is 0 Å². The predicted molar refractivity (Wildman–Crippen MR) is 82.6 cm³/mol. The number of hydrogen-bond donors (Lipinski definition) is 0. The molecule has 0 aliphatic carbocycles. The normalized spacial score (nSPS) is 33.9. The van der Waals surface area contributed by atoms with Gasteiger partial charge in [-0.3, -0.25) is 9.80 Å². The van der Waals surface area contributed by atoms with Crippen LogP contribution in [0.5, 0.6) is 0 Å². The number of piperidine rings is 1. The summed E-state index contributed by atoms with van der Waals surface area (Å²) < 4.78 is 17.1. The standard InChI is InChI=1S/C17H26N2O3/c1-2-15(21-7-1)11-19-4-3-16-14(10-19)13-22-17(16)12-18-5-8-20-9-6-18/h1-2,7,14,16-17H,3-6,8-13H2/t14-,16-,17+/m1/s1. The number of rotatable bonds is 4. The first-order valence-electron chi connectivity index (χ1n) is 8.55. The molecule has 3 aliphatic heterocycles. The number of furan rings is 1. The second-order valence-corrected chi connectivity index (χ2v) is 6.81. The maximum atomic E-state index is 6.15. The van der Waals surface area contributed by atoms with Crippen molar-refractivity contribution in [3.63, 3.8) is 0 Å². The lowest BCUT2D eigenvalue weighted by Gasteiger charge is -2.36. The molecule has 1 aromatic rings. The van der Waals surface area contributed by atoms with Gasteiger partial charge in [0.25, 0.3) is 0 Å². The second-order valence-electron chi connectivity index (χ2n) is 6.81. The zero-order valence-corrected chi connectivity index (χ0v) is 13.2. The van der Waals surface area contributed by atoms with E-state index in [2.05, 4.69) is 15.9 Å². The second kappa shape index (κ2) is 6.71. The Morgan fingerprint density at radius 1 is 1.14 bits per heavy atom. The van der Waals surface area contributed by atoms with Gasteiger partial charge in [-0.2, -0.15) is 0 Å². The quantitative estimate of drug-likeness (QED) is 0.842. The van der Waals surface area contributed by atoms with E-state index in [1.807, 2.05) is 6.07 Å². The molecule has 5 heteroatoms. The largest absolute Gasteiger partial charge is 0.468 e. The van der Waals surface area contributed by atoms with E-state index in [-0.39, 0.29) is 0 Å². The van der Waals surface area contributed by atoms with Gasteiger partial charge in [-0.15, -0.1) is 0 Å². The summed E-state index contributed by atoms with van der Waals surface area (Å²) in [7, 11) is 0. The molecule has 4 rings (SSSR count). The molecule has 0 unspecified atom stereocenters. The van der Waals surface area contributed by atoms with Crippen molar-refractivity contribution in [2.24, 2.45) is 11.8 Å². The van der Waals surface area contributed by atoms with Crippen LogP contribution in [-0.2, 0) is 16.0 Å². The lowest BCUT2D eigenvalue weighted by atomic mass is 9.84. The van der Waals surface area contributed by atoms with E-state index in [4.69, 9.17) is 13.9 Å². The molecule has 0 N–H and O–H groups in total. The molecule has 3 aliphatic rings. The third-order valence-corrected chi connectivity index (χ3v) is 5.38. The lowest BCUT2D eigenvalue weighted by molar-refractivity contribution is -0.00276. The minimum atomic E-state index is 0.425. The molecule has 0 bridgehead atoms. The molecule has 3 atom stereocenters. The maximum absolute atomic E-state index is 6.15. The van der Waals surface area contributed by atoms with E-state index >= 15 is 0 Å². The van der Waals surface area contributed by atoms with Crippen molar-refractivity contribution in [3.8, 4) is 0 Å². The molecule has 0 saturated carbocycles. The molecule has 122 valence electrons. The van der Waals surface area contributed by atoms with Crippen LogP contribution in [0, 0.1) is 11.8 Å². The summed E-state index contributed by atoms with van der Waals surface area (Å²) in [6, 6.07) is 4.04. The van der Waals surface area contributed by atoms with Gasteiger partial charge in [-0.05, 0) is 31.0 Å². The van der Waals surface area contributed by atoms with Gasteiger partial charge in [0.05, 0.1) is 38.7 Å². The Morgan fingerprint density at radius 3 is 2.86 bits per heavy atom. The van der Waals surface area contributed by atoms with Gasteiger partial charge in [0.15, 0.2) is 0 Å². The Kier molecular flexibility index (Phi) is 4.48. The summed E-state index contributed by atoms with van der Waals surface area (Å²) >= 11 is 0. The van der Waals surface area contributed by atoms with Crippen molar-refractivity contribution in [3.05, 3.63) is 24.2 Å². The topological polar surface area (TPSA) is 38.1 Å². The molecular weight excluding hydrogens is 280 g/mol. The first kappa shape index (κ1) is 14.7. The fourth-order valence-corrected chi connectivity index (χ4v) is 4.16. The van der Waals surface area contributed by atoms with Gasteiger partial charge < -0.3 is 13.9 Å². The summed E-state index contributed by atoms with van der Waals surface area (Å²) in [6.45, 7) is 9.11. The van der Waals surface area contributed by atoms with Gasteiger partial charge in [0.2, 0.25) is 0 Å². The van der Waals surface area contributed by atoms with E-state index in [0.717, 1.165) is 70.8 Å². The SMILES string of the molecule is c1coc(CN2CC[C@@H]3[C@@H](CO[C@H]3CN3CCOCC3)C2)c1. The van der Waals surface area contributed by atoms with E-state index in [0.29, 0.717) is 12.0 Å². The van der Waals surface area contributed by atoms with Crippen molar-refractivity contribution < 1.29 is 13.9 Å². The Hall–Kier alpha value is -0.880. The summed E-state index contributed by atoms with van der Waals surface area (Å²) in [5.41, 5.74) is 0. The number of hydrogen-bond acceptors (Lipinski definition) is 5. The smallest absolute Gasteiger partial charge is 0.117 e. The Labute approximate surface area is 132 Å². The first-order chi connectivity index (χ1) is 10.9. The number of ether oxygens (including phenoxy) is 2. The molecule has 4 heterocycles. The van der Waals surface area contributed by atoms with E-state index in [1.54, 1.807) is 6.26 Å². The molecule has 3 saturated heterocycles. The maximum Gasteiger partial charge on any atom is 0.117 e. The van der Waals surface area contributed by atoms with Crippen LogP contribution in [0.2, 0.25) is 0 Å². The van der Waals surface area contributed by atoms with Crippen molar-refractivity contribution in [2.75, 3.05) is 52.5 Å². The van der Waals surface area contributed by atoms with Gasteiger partial charge >= 0.3 is 0 Å². The number of nitrogens with zero attached hydrogens (tertiary/aromatic N) is 2. The van der Waals surface area contributed by atoms with Gasteiger partial charge in [-0.25, -0.2) is 0 Å². The van der Waals surface area contributed by atoms with Crippen LogP contribution in [0.1, 0.15) is 12.2 Å². The fraction of sp³-hybridized carbons (Fsp3) is 0.765. The highest BCUT2D eigenvalue weighted by Gasteiger charge is 2.41. The van der Waals surface area contributed by atoms with E-state index in [9.17, 15) is 0 Å². The average Bonchev–Trinajstić information content (AvgIpc) is 3.19. The summed E-state index contributed by atoms with van der Waals surface area (Å²) in [5, 5.41) is 0. The Bertz CT molecular complexity index is 458. The molecule has 3 fully saturated rings. The molecule has 0 amide bonds. The van der Waals surface area contributed by atoms with Gasteiger partial charge in [0, 0.05) is 32.1 Å². The minimum absolute atomic E-state index is 0.425. The Balaban J connectivity index is 1.30. The highest BCUT2D eigenvalue weighted by atomic mass is 16.5. The zero-order chi connectivity index (χ0) is 14.8. The first-order valence-corrected chi connectivity index (χ1v) is 8.55. The predicted octanol–water partition coefficient (Wildman–Crippen LogP) is 1.45. The van der Waals surface area contributed by atoms with Crippen molar-refractivity contribution in [2.45, 2.75) is 19.1 Å². The van der Waals surface area contributed by atoms with Crippen molar-refractivity contribution in [1.82, 2.24) is 9.80 Å². The van der Waals surface area contributed by atoms with E-state index < -0.39 is 0 Å². The lowest BCUT2D eigenvalue weighted by Crippen LogP contribution is -2.45. The van der Waals surface area contributed by atoms with Crippen LogP contribution in [0.3, 0.4) is 0 Å². The highest BCUT2D eigenvalue weighted by molar-refractivity contribution is 4.99. The highest BCUT2D eigenvalue weighted by Crippen LogP contribution is 2.35. The molecular formula is C17H26N2O3. The fourth-order valence-electron chi connectivity index (χ4n) is 4.16. The van der Waals surface area contributed by atoms with E-state index in [1.165, 1.54) is 6.42 Å².